The summed E-state index contributed by atoms with van der Waals surface area (Å²) in [5.41, 5.74) is 4.95. The molecule has 6 nitrogen and oxygen atoms in total. The van der Waals surface area contributed by atoms with E-state index < -0.39 is 0 Å². The van der Waals surface area contributed by atoms with Crippen molar-refractivity contribution in [2.24, 2.45) is 0 Å². The van der Waals surface area contributed by atoms with Crippen molar-refractivity contribution in [1.29, 1.82) is 5.26 Å². The summed E-state index contributed by atoms with van der Waals surface area (Å²) in [5.74, 6) is 1.65. The molecule has 1 unspecified atom stereocenters. The zero-order valence-electron chi connectivity index (χ0n) is 18.1. The van der Waals surface area contributed by atoms with Gasteiger partial charge in [-0.25, -0.2) is 0 Å². The van der Waals surface area contributed by atoms with Gasteiger partial charge in [-0.3, -0.25) is 9.69 Å². The number of fused-ring (bicyclic) bond motifs is 1. The fraction of sp³-hybridized carbons (Fsp3) is 0.333. The van der Waals surface area contributed by atoms with Gasteiger partial charge in [0.05, 0.1) is 43.4 Å². The van der Waals surface area contributed by atoms with Crippen molar-refractivity contribution in [3.05, 3.63) is 63.7 Å². The van der Waals surface area contributed by atoms with E-state index in [1.165, 1.54) is 22.9 Å². The topological polar surface area (TPSA) is 65.8 Å². The van der Waals surface area contributed by atoms with Gasteiger partial charge < -0.3 is 14.4 Å². The normalized spacial score (nSPS) is 18.5. The Morgan fingerprint density at radius 2 is 1.90 bits per heavy atom. The van der Waals surface area contributed by atoms with Gasteiger partial charge in [0.15, 0.2) is 0 Å². The number of hydrogen-bond donors (Lipinski definition) is 0. The van der Waals surface area contributed by atoms with Crippen LogP contribution >= 0.6 is 11.8 Å². The van der Waals surface area contributed by atoms with E-state index in [1.807, 2.05) is 18.2 Å². The summed E-state index contributed by atoms with van der Waals surface area (Å²) >= 11 is 1.53. The number of allylic oxidation sites excluding steroid dienone is 1. The second-order valence-electron chi connectivity index (χ2n) is 7.74. The van der Waals surface area contributed by atoms with Crippen LogP contribution in [-0.4, -0.2) is 37.6 Å². The maximum absolute atomic E-state index is 13.2. The Bertz CT molecular complexity index is 1110. The number of carbonyl (C=O) groups excluding carboxylic acids is 1. The van der Waals surface area contributed by atoms with Crippen LogP contribution < -0.4 is 14.4 Å². The van der Waals surface area contributed by atoms with Crippen LogP contribution in [0.15, 0.2) is 47.0 Å². The average molecular weight is 436 g/mol. The first kappa shape index (κ1) is 21.1. The quantitative estimate of drug-likeness (QED) is 0.703. The minimum absolute atomic E-state index is 0.00454. The first-order valence-electron chi connectivity index (χ1n) is 10.1. The van der Waals surface area contributed by atoms with Crippen molar-refractivity contribution in [3.63, 3.8) is 0 Å². The Kier molecular flexibility index (Phi) is 5.84. The van der Waals surface area contributed by atoms with Gasteiger partial charge in [0.2, 0.25) is 5.91 Å². The molecule has 1 fully saturated rings. The summed E-state index contributed by atoms with van der Waals surface area (Å²) in [4.78, 5) is 17.1. The van der Waals surface area contributed by atoms with E-state index in [-0.39, 0.29) is 18.2 Å². The lowest BCUT2D eigenvalue weighted by molar-refractivity contribution is -0.129. The molecule has 0 saturated carbocycles. The highest BCUT2D eigenvalue weighted by Gasteiger charge is 2.39. The lowest BCUT2D eigenvalue weighted by atomic mass is 9.86. The van der Waals surface area contributed by atoms with Crippen molar-refractivity contribution in [1.82, 2.24) is 4.90 Å². The number of aryl methyl sites for hydroxylation is 2. The van der Waals surface area contributed by atoms with E-state index in [2.05, 4.69) is 43.0 Å². The molecule has 0 bridgehead atoms. The van der Waals surface area contributed by atoms with Gasteiger partial charge in [0.1, 0.15) is 11.5 Å². The highest BCUT2D eigenvalue weighted by atomic mass is 32.2. The molecule has 0 spiro atoms. The van der Waals surface area contributed by atoms with Crippen molar-refractivity contribution < 1.29 is 14.3 Å². The van der Waals surface area contributed by atoms with Crippen LogP contribution in [0.4, 0.5) is 5.69 Å². The third-order valence-electron chi connectivity index (χ3n) is 5.96. The molecule has 0 aliphatic carbocycles. The van der Waals surface area contributed by atoms with E-state index in [1.54, 1.807) is 19.1 Å². The number of nitrogens with zero attached hydrogens (tertiary/aromatic N) is 3. The molecule has 4 rings (SSSR count). The minimum atomic E-state index is -0.352. The van der Waals surface area contributed by atoms with Gasteiger partial charge in [-0.1, -0.05) is 17.8 Å². The standard InChI is InChI=1S/C24H25N3O3S/c1-15-5-6-17(9-16(15)2)26-13-27-23(28)11-19(21(12-25)24(27)31-14-26)20-10-18(29-3)7-8-22(20)30-4/h5-10,19H,11,13-14H2,1-4H3. The molecule has 0 N–H and O–H groups in total. The number of methoxy groups -OCH3 is 2. The average Bonchev–Trinajstić information content (AvgIpc) is 2.80. The first-order chi connectivity index (χ1) is 15.0. The van der Waals surface area contributed by atoms with Crippen molar-refractivity contribution in [2.45, 2.75) is 26.2 Å². The zero-order valence-corrected chi connectivity index (χ0v) is 19.0. The molecular formula is C24H25N3O3S. The molecule has 31 heavy (non-hydrogen) atoms. The van der Waals surface area contributed by atoms with Crippen molar-refractivity contribution in [2.75, 3.05) is 31.7 Å². The molecule has 2 aromatic rings. The summed E-state index contributed by atoms with van der Waals surface area (Å²) in [6, 6.07) is 14.2. The highest BCUT2D eigenvalue weighted by Crippen LogP contribution is 2.46. The smallest absolute Gasteiger partial charge is 0.229 e. The van der Waals surface area contributed by atoms with Gasteiger partial charge in [0, 0.05) is 23.6 Å². The molecule has 2 heterocycles. The van der Waals surface area contributed by atoms with Gasteiger partial charge >= 0.3 is 0 Å². The van der Waals surface area contributed by atoms with Gasteiger partial charge in [-0.05, 0) is 55.3 Å². The maximum Gasteiger partial charge on any atom is 0.229 e. The van der Waals surface area contributed by atoms with Crippen LogP contribution in [0.1, 0.15) is 29.0 Å². The summed E-state index contributed by atoms with van der Waals surface area (Å²) < 4.78 is 10.9. The number of carbonyl (C=O) groups is 1. The fourth-order valence-corrected chi connectivity index (χ4v) is 5.19. The minimum Gasteiger partial charge on any atom is -0.497 e. The number of rotatable bonds is 4. The molecule has 0 radical (unpaired) electrons. The summed E-state index contributed by atoms with van der Waals surface area (Å²) in [6.07, 6.45) is 0.219. The van der Waals surface area contributed by atoms with Crippen molar-refractivity contribution in [3.8, 4) is 17.6 Å². The number of amides is 1. The molecular weight excluding hydrogens is 410 g/mol. The van der Waals surface area contributed by atoms with Crippen LogP contribution in [0.5, 0.6) is 11.5 Å². The van der Waals surface area contributed by atoms with E-state index in [4.69, 9.17) is 9.47 Å². The fourth-order valence-electron chi connectivity index (χ4n) is 4.03. The molecule has 160 valence electrons. The van der Waals surface area contributed by atoms with Crippen LogP contribution in [0, 0.1) is 25.2 Å². The van der Waals surface area contributed by atoms with Gasteiger partial charge in [-0.2, -0.15) is 5.26 Å². The number of nitriles is 1. The SMILES string of the molecule is COc1ccc(OC)c(C2CC(=O)N3CN(c4ccc(C)c(C)c4)CSC3=C2C#N)c1. The number of hydrogen-bond acceptors (Lipinski definition) is 6. The Hall–Kier alpha value is -3.11. The summed E-state index contributed by atoms with van der Waals surface area (Å²) in [6.45, 7) is 4.62. The lowest BCUT2D eigenvalue weighted by Crippen LogP contribution is -2.47. The molecule has 2 aliphatic heterocycles. The van der Waals surface area contributed by atoms with Crippen LogP contribution in [0.2, 0.25) is 0 Å². The third-order valence-corrected chi connectivity index (χ3v) is 7.12. The predicted octanol–water partition coefficient (Wildman–Crippen LogP) is 4.54. The molecule has 0 aromatic heterocycles. The van der Waals surface area contributed by atoms with E-state index in [0.717, 1.165) is 16.3 Å². The van der Waals surface area contributed by atoms with E-state index >= 15 is 0 Å². The first-order valence-corrected chi connectivity index (χ1v) is 11.1. The molecule has 1 atom stereocenters. The zero-order chi connectivity index (χ0) is 22.1. The Morgan fingerprint density at radius 3 is 2.58 bits per heavy atom. The van der Waals surface area contributed by atoms with Crippen LogP contribution in [-0.2, 0) is 4.79 Å². The lowest BCUT2D eigenvalue weighted by Gasteiger charge is -2.42. The summed E-state index contributed by atoms with van der Waals surface area (Å²) in [7, 11) is 3.19. The van der Waals surface area contributed by atoms with Gasteiger partial charge in [0.25, 0.3) is 0 Å². The Balaban J connectivity index is 1.70. The molecule has 1 saturated heterocycles. The Labute approximate surface area is 187 Å². The largest absolute Gasteiger partial charge is 0.497 e. The van der Waals surface area contributed by atoms with Crippen LogP contribution in [0.3, 0.4) is 0 Å². The highest BCUT2D eigenvalue weighted by molar-refractivity contribution is 8.03. The Morgan fingerprint density at radius 1 is 1.10 bits per heavy atom. The number of benzene rings is 2. The number of thioether (sulfide) groups is 1. The predicted molar refractivity (Wildman–Crippen MR) is 122 cm³/mol. The second-order valence-corrected chi connectivity index (χ2v) is 8.67. The third kappa shape index (κ3) is 3.84. The summed E-state index contributed by atoms with van der Waals surface area (Å²) in [5, 5.41) is 10.8. The van der Waals surface area contributed by atoms with E-state index in [0.29, 0.717) is 29.6 Å². The van der Waals surface area contributed by atoms with E-state index in [9.17, 15) is 10.1 Å². The van der Waals surface area contributed by atoms with Crippen LogP contribution in [0.25, 0.3) is 0 Å². The molecule has 2 aliphatic rings. The maximum atomic E-state index is 13.2. The van der Waals surface area contributed by atoms with Crippen molar-refractivity contribution >= 4 is 23.4 Å². The molecule has 1 amide bonds. The van der Waals surface area contributed by atoms with Gasteiger partial charge in [-0.15, -0.1) is 0 Å². The number of anilines is 1. The monoisotopic (exact) mass is 435 g/mol. The molecule has 2 aromatic carbocycles. The second kappa shape index (κ2) is 8.56. The number of ether oxygens (including phenoxy) is 2. The molecule has 7 heteroatoms.